The van der Waals surface area contributed by atoms with E-state index in [2.05, 4.69) is 21.6 Å². The minimum atomic E-state index is -0.0661. The third-order valence-corrected chi connectivity index (χ3v) is 4.11. The van der Waals surface area contributed by atoms with Crippen LogP contribution in [-0.2, 0) is 0 Å². The van der Waals surface area contributed by atoms with Crippen molar-refractivity contribution in [2.45, 2.75) is 18.9 Å². The number of aromatic nitrogens is 3. The van der Waals surface area contributed by atoms with Crippen LogP contribution in [0.25, 0.3) is 21.8 Å². The monoisotopic (exact) mass is 268 g/mol. The van der Waals surface area contributed by atoms with Crippen molar-refractivity contribution < 1.29 is 0 Å². The van der Waals surface area contributed by atoms with Gasteiger partial charge in [-0.3, -0.25) is 9.48 Å². The average Bonchev–Trinajstić information content (AvgIpc) is 2.93. The molecule has 102 valence electrons. The van der Waals surface area contributed by atoms with Crippen molar-refractivity contribution in [2.75, 3.05) is 13.1 Å². The minimum absolute atomic E-state index is 0.0661. The molecule has 1 aliphatic heterocycles. The van der Waals surface area contributed by atoms with Crippen molar-refractivity contribution in [1.82, 2.24) is 20.1 Å². The smallest absolute Gasteiger partial charge is 0.257 e. The second-order valence-corrected chi connectivity index (χ2v) is 5.35. The number of piperidine rings is 1. The molecular formula is C15H16N4O. The van der Waals surface area contributed by atoms with Gasteiger partial charge in [-0.15, -0.1) is 0 Å². The molecular weight excluding hydrogens is 252 g/mol. The SMILES string of the molecule is O=c1[nH]c2nn(C3CCNCC3)cc2c2ccccc12. The first-order chi connectivity index (χ1) is 9.83. The van der Waals surface area contributed by atoms with Crippen LogP contribution in [0.3, 0.4) is 0 Å². The lowest BCUT2D eigenvalue weighted by Crippen LogP contribution is -2.29. The molecule has 20 heavy (non-hydrogen) atoms. The van der Waals surface area contributed by atoms with Gasteiger partial charge in [-0.2, -0.15) is 5.10 Å². The van der Waals surface area contributed by atoms with Gasteiger partial charge in [-0.1, -0.05) is 18.2 Å². The number of hydrogen-bond donors (Lipinski definition) is 2. The molecule has 0 atom stereocenters. The van der Waals surface area contributed by atoms with Gasteiger partial charge in [-0.25, -0.2) is 0 Å². The summed E-state index contributed by atoms with van der Waals surface area (Å²) in [6.07, 6.45) is 4.23. The van der Waals surface area contributed by atoms with Crippen molar-refractivity contribution >= 4 is 21.8 Å². The van der Waals surface area contributed by atoms with Crippen molar-refractivity contribution in [3.8, 4) is 0 Å². The van der Waals surface area contributed by atoms with Gasteiger partial charge in [0.2, 0.25) is 0 Å². The maximum Gasteiger partial charge on any atom is 0.257 e. The van der Waals surface area contributed by atoms with E-state index in [0.29, 0.717) is 11.7 Å². The van der Waals surface area contributed by atoms with Gasteiger partial charge in [0.15, 0.2) is 5.65 Å². The van der Waals surface area contributed by atoms with Crippen molar-refractivity contribution in [3.05, 3.63) is 40.8 Å². The molecule has 2 aromatic heterocycles. The Labute approximate surface area is 115 Å². The number of aromatic amines is 1. The number of nitrogens with zero attached hydrogens (tertiary/aromatic N) is 2. The second kappa shape index (κ2) is 4.45. The van der Waals surface area contributed by atoms with Crippen LogP contribution in [0.2, 0.25) is 0 Å². The van der Waals surface area contributed by atoms with Crippen molar-refractivity contribution in [2.24, 2.45) is 0 Å². The molecule has 0 saturated carbocycles. The zero-order valence-electron chi connectivity index (χ0n) is 11.1. The molecule has 5 nitrogen and oxygen atoms in total. The minimum Gasteiger partial charge on any atom is -0.317 e. The van der Waals surface area contributed by atoms with E-state index in [0.717, 1.165) is 42.1 Å². The van der Waals surface area contributed by atoms with Crippen LogP contribution in [-0.4, -0.2) is 27.9 Å². The summed E-state index contributed by atoms with van der Waals surface area (Å²) in [6.45, 7) is 2.05. The fourth-order valence-electron chi connectivity index (χ4n) is 3.03. The molecule has 4 rings (SSSR count). The highest BCUT2D eigenvalue weighted by Crippen LogP contribution is 2.24. The van der Waals surface area contributed by atoms with E-state index in [1.165, 1.54) is 0 Å². The lowest BCUT2D eigenvalue weighted by molar-refractivity contribution is 0.344. The molecule has 3 aromatic rings. The summed E-state index contributed by atoms with van der Waals surface area (Å²) in [5.74, 6) is 0. The molecule has 0 amide bonds. The van der Waals surface area contributed by atoms with Gasteiger partial charge in [0, 0.05) is 17.0 Å². The van der Waals surface area contributed by atoms with E-state index < -0.39 is 0 Å². The van der Waals surface area contributed by atoms with Crippen LogP contribution in [0.1, 0.15) is 18.9 Å². The van der Waals surface area contributed by atoms with E-state index in [4.69, 9.17) is 0 Å². The molecule has 0 radical (unpaired) electrons. The third kappa shape index (κ3) is 1.74. The maximum atomic E-state index is 12.1. The van der Waals surface area contributed by atoms with Gasteiger partial charge in [0.05, 0.1) is 6.04 Å². The van der Waals surface area contributed by atoms with Crippen LogP contribution in [0.4, 0.5) is 0 Å². The second-order valence-electron chi connectivity index (χ2n) is 5.35. The zero-order chi connectivity index (χ0) is 13.5. The molecule has 5 heteroatoms. The van der Waals surface area contributed by atoms with Gasteiger partial charge < -0.3 is 10.3 Å². The Balaban J connectivity index is 1.94. The number of fused-ring (bicyclic) bond motifs is 3. The predicted octanol–water partition coefficient (Wildman–Crippen LogP) is 1.80. The van der Waals surface area contributed by atoms with Gasteiger partial charge in [0.25, 0.3) is 5.56 Å². The zero-order valence-corrected chi connectivity index (χ0v) is 11.1. The Kier molecular flexibility index (Phi) is 2.60. The van der Waals surface area contributed by atoms with Crippen LogP contribution in [0.5, 0.6) is 0 Å². The summed E-state index contributed by atoms with van der Waals surface area (Å²) >= 11 is 0. The molecule has 0 unspecified atom stereocenters. The van der Waals surface area contributed by atoms with Crippen molar-refractivity contribution in [1.29, 1.82) is 0 Å². The molecule has 1 saturated heterocycles. The van der Waals surface area contributed by atoms with Crippen LogP contribution < -0.4 is 10.9 Å². The first-order valence-electron chi connectivity index (χ1n) is 7.03. The van der Waals surface area contributed by atoms with Crippen LogP contribution in [0.15, 0.2) is 35.3 Å². The molecule has 0 bridgehead atoms. The number of nitrogens with one attached hydrogen (secondary N) is 2. The molecule has 0 spiro atoms. The van der Waals surface area contributed by atoms with E-state index >= 15 is 0 Å². The molecule has 1 aliphatic rings. The summed E-state index contributed by atoms with van der Waals surface area (Å²) in [4.78, 5) is 15.0. The topological polar surface area (TPSA) is 62.7 Å². The summed E-state index contributed by atoms with van der Waals surface area (Å²) in [7, 11) is 0. The number of rotatable bonds is 1. The van der Waals surface area contributed by atoms with Crippen molar-refractivity contribution in [3.63, 3.8) is 0 Å². The van der Waals surface area contributed by atoms with Crippen LogP contribution in [0, 0.1) is 0 Å². The molecule has 1 fully saturated rings. The normalized spacial score (nSPS) is 17.0. The number of pyridine rings is 1. The molecule has 0 aliphatic carbocycles. The largest absolute Gasteiger partial charge is 0.317 e. The lowest BCUT2D eigenvalue weighted by atomic mass is 10.1. The number of benzene rings is 1. The quantitative estimate of drug-likeness (QED) is 0.707. The standard InChI is InChI=1S/C15H16N4O/c20-15-12-4-2-1-3-11(12)13-9-19(18-14(13)17-15)10-5-7-16-8-6-10/h1-4,9-10,16H,5-8H2,(H,17,18,20). The van der Waals surface area contributed by atoms with Crippen LogP contribution >= 0.6 is 0 Å². The molecule has 2 N–H and O–H groups in total. The fourth-order valence-corrected chi connectivity index (χ4v) is 3.03. The average molecular weight is 268 g/mol. The van der Waals surface area contributed by atoms with Gasteiger partial charge in [0.1, 0.15) is 0 Å². The Morgan fingerprint density at radius 3 is 2.65 bits per heavy atom. The van der Waals surface area contributed by atoms with E-state index in [9.17, 15) is 4.79 Å². The molecule has 3 heterocycles. The first-order valence-corrected chi connectivity index (χ1v) is 7.03. The Morgan fingerprint density at radius 1 is 1.10 bits per heavy atom. The highest BCUT2D eigenvalue weighted by molar-refractivity contribution is 6.03. The summed E-state index contributed by atoms with van der Waals surface area (Å²) in [5.41, 5.74) is 0.621. The highest BCUT2D eigenvalue weighted by atomic mass is 16.1. The number of hydrogen-bond acceptors (Lipinski definition) is 3. The van der Waals surface area contributed by atoms with Gasteiger partial charge >= 0.3 is 0 Å². The van der Waals surface area contributed by atoms with E-state index in [1.54, 1.807) is 0 Å². The third-order valence-electron chi connectivity index (χ3n) is 4.11. The first kappa shape index (κ1) is 11.7. The Hall–Kier alpha value is -2.14. The summed E-state index contributed by atoms with van der Waals surface area (Å²) < 4.78 is 2.02. The highest BCUT2D eigenvalue weighted by Gasteiger charge is 2.17. The Morgan fingerprint density at radius 2 is 1.85 bits per heavy atom. The summed E-state index contributed by atoms with van der Waals surface area (Å²) in [6, 6.07) is 8.12. The fraction of sp³-hybridized carbons (Fsp3) is 0.333. The van der Waals surface area contributed by atoms with E-state index in [1.807, 2.05) is 28.9 Å². The summed E-state index contributed by atoms with van der Waals surface area (Å²) in [5, 5.41) is 10.7. The van der Waals surface area contributed by atoms with E-state index in [-0.39, 0.29) is 5.56 Å². The van der Waals surface area contributed by atoms with Gasteiger partial charge in [-0.05, 0) is 37.4 Å². The number of H-pyrrole nitrogens is 1. The molecule has 1 aromatic carbocycles. The lowest BCUT2D eigenvalue weighted by Gasteiger charge is -2.22. The maximum absolute atomic E-state index is 12.1. The Bertz CT molecular complexity index is 827. The predicted molar refractivity (Wildman–Crippen MR) is 79.0 cm³/mol.